The fourth-order valence-electron chi connectivity index (χ4n) is 11.7. The molecule has 3 N–H and O–H groups in total. The molecule has 4 unspecified atom stereocenters. The number of phosphoric ester groups is 2. The lowest BCUT2D eigenvalue weighted by Gasteiger charge is -2.21. The third-order valence-electron chi connectivity index (χ3n) is 18.2. The Morgan fingerprint density at radius 2 is 0.500 bits per heavy atom. The highest BCUT2D eigenvalue weighted by molar-refractivity contribution is 7.47. The second-order valence-electron chi connectivity index (χ2n) is 29.4. The van der Waals surface area contributed by atoms with Crippen molar-refractivity contribution in [3.8, 4) is 0 Å². The molecule has 0 aromatic rings. The molecule has 0 aromatic heterocycles. The first kappa shape index (κ1) is 94.1. The third-order valence-corrected chi connectivity index (χ3v) is 20.1. The molecule has 96 heavy (non-hydrogen) atoms. The zero-order valence-corrected chi connectivity index (χ0v) is 64.8. The van der Waals surface area contributed by atoms with Crippen molar-refractivity contribution in [1.82, 2.24) is 0 Å². The molecule has 0 radical (unpaired) electrons. The summed E-state index contributed by atoms with van der Waals surface area (Å²) >= 11 is 0. The van der Waals surface area contributed by atoms with E-state index in [1.807, 2.05) is 0 Å². The van der Waals surface area contributed by atoms with Crippen LogP contribution in [0.3, 0.4) is 0 Å². The number of hydrogen-bond donors (Lipinski definition) is 3. The zero-order chi connectivity index (χ0) is 71.0. The van der Waals surface area contributed by atoms with Gasteiger partial charge in [-0.1, -0.05) is 338 Å². The molecular formula is C77H150O17P2. The van der Waals surface area contributed by atoms with Crippen LogP contribution in [0.25, 0.3) is 0 Å². The molecule has 0 fully saturated rings. The van der Waals surface area contributed by atoms with Gasteiger partial charge in [-0.05, 0) is 49.4 Å². The number of phosphoric acid groups is 2. The number of hydrogen-bond acceptors (Lipinski definition) is 15. The Balaban J connectivity index is 5.26. The van der Waals surface area contributed by atoms with E-state index >= 15 is 0 Å². The molecule has 0 bridgehead atoms. The van der Waals surface area contributed by atoms with Crippen molar-refractivity contribution in [2.45, 2.75) is 408 Å². The number of carbonyl (C=O) groups excluding carboxylic acids is 4. The van der Waals surface area contributed by atoms with E-state index in [9.17, 15) is 43.2 Å². The van der Waals surface area contributed by atoms with Crippen molar-refractivity contribution in [2.24, 2.45) is 23.7 Å². The summed E-state index contributed by atoms with van der Waals surface area (Å²) in [7, 11) is -9.92. The van der Waals surface area contributed by atoms with E-state index in [0.717, 1.165) is 114 Å². The van der Waals surface area contributed by atoms with Crippen molar-refractivity contribution in [3.05, 3.63) is 0 Å². The second kappa shape index (κ2) is 66.3. The Morgan fingerprint density at radius 3 is 0.740 bits per heavy atom. The van der Waals surface area contributed by atoms with Gasteiger partial charge in [-0.3, -0.25) is 37.3 Å². The van der Waals surface area contributed by atoms with Crippen molar-refractivity contribution < 1.29 is 80.2 Å². The number of ether oxygens (including phenoxy) is 4. The Bertz CT molecular complexity index is 1890. The van der Waals surface area contributed by atoms with Gasteiger partial charge in [0, 0.05) is 25.7 Å². The van der Waals surface area contributed by atoms with E-state index in [0.29, 0.717) is 25.7 Å². The molecule has 0 spiro atoms. The molecule has 0 aliphatic heterocycles. The maximum atomic E-state index is 13.1. The maximum absolute atomic E-state index is 13.1. The summed E-state index contributed by atoms with van der Waals surface area (Å²) in [6, 6.07) is 0. The van der Waals surface area contributed by atoms with E-state index < -0.39 is 97.5 Å². The molecule has 17 nitrogen and oxygen atoms in total. The number of unbranched alkanes of at least 4 members (excludes halogenated alkanes) is 39. The van der Waals surface area contributed by atoms with Gasteiger partial charge in [-0.2, -0.15) is 0 Å². The SMILES string of the molecule is CCC(C)CCCCCCCCCCCCCCCCC(=O)O[C@H](COC(=O)CCCCCCCCCCCCCCC(C)C)COP(=O)(O)OCC(O)COP(=O)(O)OC[C@@H](COC(=O)CCCCCCCCCCC(C)C)OC(=O)CCCCCCCCCCCC(C)C. The Labute approximate surface area is 588 Å². The molecule has 0 aliphatic carbocycles. The molecule has 0 aliphatic rings. The Kier molecular flexibility index (Phi) is 65.0. The van der Waals surface area contributed by atoms with Gasteiger partial charge in [-0.15, -0.1) is 0 Å². The summed E-state index contributed by atoms with van der Waals surface area (Å²) in [6.45, 7) is 14.2. The third kappa shape index (κ3) is 69.2. The Hall–Kier alpha value is -1.94. The predicted molar refractivity (Wildman–Crippen MR) is 391 cm³/mol. The topological polar surface area (TPSA) is 237 Å². The Morgan fingerprint density at radius 1 is 0.292 bits per heavy atom. The first-order chi connectivity index (χ1) is 46.1. The number of aliphatic hydroxyl groups excluding tert-OH is 1. The monoisotopic (exact) mass is 1410 g/mol. The molecule has 6 atom stereocenters. The standard InChI is InChI=1S/C77H150O17P2/c1-9-70(8)56-48-40-32-23-17-12-10-11-13-19-25-35-43-51-59-76(81)93-72(63-87-74(79)57-49-41-33-24-18-15-14-16-21-29-37-45-53-67(2)3)65-91-95(83,84)89-61-71(78)62-90-96(85,86)92-66-73(64-88-75(80)58-50-42-34-28-27-31-39-47-55-69(6)7)94-77(82)60-52-44-36-26-20-22-30-38-46-54-68(4)5/h67-73,78H,9-66H2,1-8H3,(H,83,84)(H,85,86)/t70?,71?,72-,73-/m1/s1. The predicted octanol–water partition coefficient (Wildman–Crippen LogP) is 22.4. The number of rotatable bonds is 74. The summed E-state index contributed by atoms with van der Waals surface area (Å²) in [4.78, 5) is 72.9. The van der Waals surface area contributed by atoms with Crippen LogP contribution in [0.5, 0.6) is 0 Å². The smallest absolute Gasteiger partial charge is 0.462 e. The highest BCUT2D eigenvalue weighted by Crippen LogP contribution is 2.45. The van der Waals surface area contributed by atoms with Gasteiger partial charge in [0.05, 0.1) is 26.4 Å². The molecule has 19 heteroatoms. The van der Waals surface area contributed by atoms with Crippen molar-refractivity contribution in [1.29, 1.82) is 0 Å². The van der Waals surface area contributed by atoms with Crippen LogP contribution in [0.4, 0.5) is 0 Å². The first-order valence-electron chi connectivity index (χ1n) is 39.7. The lowest BCUT2D eigenvalue weighted by Crippen LogP contribution is -2.30. The summed E-state index contributed by atoms with van der Waals surface area (Å²) in [6.07, 6.45) is 51.3. The molecule has 0 heterocycles. The molecule has 0 saturated carbocycles. The van der Waals surface area contributed by atoms with E-state index in [-0.39, 0.29) is 25.7 Å². The molecule has 0 rings (SSSR count). The highest BCUT2D eigenvalue weighted by Gasteiger charge is 2.30. The van der Waals surface area contributed by atoms with Crippen LogP contribution in [0, 0.1) is 23.7 Å². The minimum absolute atomic E-state index is 0.104. The van der Waals surface area contributed by atoms with Crippen LogP contribution in [-0.2, 0) is 65.4 Å². The van der Waals surface area contributed by atoms with E-state index in [1.54, 1.807) is 0 Å². The molecule has 0 aromatic carbocycles. The quantitative estimate of drug-likeness (QED) is 0.0222. The van der Waals surface area contributed by atoms with Gasteiger partial charge < -0.3 is 33.8 Å². The number of carbonyl (C=O) groups is 4. The summed E-state index contributed by atoms with van der Waals surface area (Å²) in [5.74, 6) is 0.971. The summed E-state index contributed by atoms with van der Waals surface area (Å²) in [5.41, 5.74) is 0. The number of aliphatic hydroxyl groups is 1. The largest absolute Gasteiger partial charge is 0.472 e. The van der Waals surface area contributed by atoms with Crippen LogP contribution in [0.15, 0.2) is 0 Å². The molecular weight excluding hydrogens is 1260 g/mol. The van der Waals surface area contributed by atoms with Gasteiger partial charge in [0.1, 0.15) is 19.3 Å². The average molecular weight is 1410 g/mol. The minimum Gasteiger partial charge on any atom is -0.462 e. The summed E-state index contributed by atoms with van der Waals surface area (Å²) in [5, 5.41) is 10.6. The van der Waals surface area contributed by atoms with Gasteiger partial charge in [0.25, 0.3) is 0 Å². The average Bonchev–Trinajstić information content (AvgIpc) is 1.11. The first-order valence-corrected chi connectivity index (χ1v) is 42.7. The van der Waals surface area contributed by atoms with E-state index in [4.69, 9.17) is 37.0 Å². The summed E-state index contributed by atoms with van der Waals surface area (Å²) < 4.78 is 68.6. The fourth-order valence-corrected chi connectivity index (χ4v) is 13.3. The molecule has 0 amide bonds. The van der Waals surface area contributed by atoms with Gasteiger partial charge >= 0.3 is 39.5 Å². The van der Waals surface area contributed by atoms with Gasteiger partial charge in [-0.25, -0.2) is 9.13 Å². The molecule has 570 valence electrons. The second-order valence-corrected chi connectivity index (χ2v) is 32.3. The maximum Gasteiger partial charge on any atom is 0.472 e. The van der Waals surface area contributed by atoms with Crippen LogP contribution in [-0.4, -0.2) is 96.7 Å². The van der Waals surface area contributed by atoms with Crippen molar-refractivity contribution in [3.63, 3.8) is 0 Å². The van der Waals surface area contributed by atoms with Crippen molar-refractivity contribution >= 4 is 39.5 Å². The van der Waals surface area contributed by atoms with Crippen LogP contribution in [0.2, 0.25) is 0 Å². The van der Waals surface area contributed by atoms with Crippen molar-refractivity contribution in [2.75, 3.05) is 39.6 Å². The van der Waals surface area contributed by atoms with E-state index in [1.165, 1.54) is 193 Å². The zero-order valence-electron chi connectivity index (χ0n) is 63.0. The lowest BCUT2D eigenvalue weighted by atomic mass is 9.99. The van der Waals surface area contributed by atoms with Gasteiger partial charge in [0.15, 0.2) is 12.2 Å². The van der Waals surface area contributed by atoms with E-state index in [2.05, 4.69) is 55.4 Å². The van der Waals surface area contributed by atoms with Crippen LogP contribution < -0.4 is 0 Å². The highest BCUT2D eigenvalue weighted by atomic mass is 31.2. The number of esters is 4. The fraction of sp³-hybridized carbons (Fsp3) is 0.948. The van der Waals surface area contributed by atoms with Crippen LogP contribution in [0.1, 0.15) is 389 Å². The minimum atomic E-state index is -4.96. The van der Waals surface area contributed by atoms with Gasteiger partial charge in [0.2, 0.25) is 0 Å². The molecule has 0 saturated heterocycles. The normalized spacial score (nSPS) is 14.4. The lowest BCUT2D eigenvalue weighted by molar-refractivity contribution is -0.161. The van der Waals surface area contributed by atoms with Crippen LogP contribution >= 0.6 is 15.6 Å².